The second kappa shape index (κ2) is 11.7. The molecule has 0 aliphatic rings. The van der Waals surface area contributed by atoms with E-state index in [1.54, 1.807) is 0 Å². The molecule has 0 spiro atoms. The molecular formula is C15H32N2O7. The van der Waals surface area contributed by atoms with Gasteiger partial charge < -0.3 is 40.9 Å². The molecule has 24 heavy (non-hydrogen) atoms. The number of hydrogen-bond acceptors (Lipinski definition) is 8. The topological polar surface area (TPSA) is 152 Å². The van der Waals surface area contributed by atoms with Crippen LogP contribution >= 0.6 is 0 Å². The van der Waals surface area contributed by atoms with Crippen molar-refractivity contribution in [1.82, 2.24) is 10.6 Å². The third-order valence-corrected chi connectivity index (χ3v) is 3.21. The lowest BCUT2D eigenvalue weighted by Crippen LogP contribution is -2.49. The first kappa shape index (κ1) is 23.2. The van der Waals surface area contributed by atoms with E-state index in [0.717, 1.165) is 0 Å². The summed E-state index contributed by atoms with van der Waals surface area (Å²) >= 11 is 0. The van der Waals surface area contributed by atoms with Crippen LogP contribution in [0.4, 0.5) is 0 Å². The molecule has 0 aromatic carbocycles. The molecule has 0 radical (unpaired) electrons. The fraction of sp³-hybridized carbons (Fsp3) is 0.933. The predicted octanol–water partition coefficient (Wildman–Crippen LogP) is -2.67. The molecule has 0 fully saturated rings. The first-order valence-electron chi connectivity index (χ1n) is 8.01. The molecule has 0 rings (SSSR count). The van der Waals surface area contributed by atoms with Crippen LogP contribution in [0.3, 0.4) is 0 Å². The van der Waals surface area contributed by atoms with Crippen LogP contribution in [-0.2, 0) is 9.53 Å². The third-order valence-electron chi connectivity index (χ3n) is 3.21. The van der Waals surface area contributed by atoms with Crippen molar-refractivity contribution in [3.63, 3.8) is 0 Å². The molecule has 0 aliphatic carbocycles. The highest BCUT2D eigenvalue weighted by molar-refractivity contribution is 5.75. The number of rotatable bonds is 12. The number of hydrogen-bond donors (Lipinski definition) is 7. The van der Waals surface area contributed by atoms with Gasteiger partial charge in [0.25, 0.3) is 0 Å². The average molecular weight is 352 g/mol. The lowest BCUT2D eigenvalue weighted by molar-refractivity contribution is -0.126. The molecular weight excluding hydrogens is 320 g/mol. The molecule has 0 aromatic heterocycles. The molecule has 0 bridgehead atoms. The molecule has 0 aromatic rings. The molecule has 144 valence electrons. The Labute approximate surface area is 142 Å². The van der Waals surface area contributed by atoms with Gasteiger partial charge in [-0.25, -0.2) is 0 Å². The van der Waals surface area contributed by atoms with Gasteiger partial charge in [0.15, 0.2) is 0 Å². The molecule has 0 aliphatic heterocycles. The Morgan fingerprint density at radius 3 is 2.17 bits per heavy atom. The maximum atomic E-state index is 11.6. The minimum Gasteiger partial charge on any atom is -0.394 e. The largest absolute Gasteiger partial charge is 0.394 e. The van der Waals surface area contributed by atoms with E-state index in [1.165, 1.54) is 0 Å². The highest BCUT2D eigenvalue weighted by atomic mass is 16.5. The molecule has 0 heterocycles. The molecule has 0 saturated carbocycles. The zero-order chi connectivity index (χ0) is 18.8. The van der Waals surface area contributed by atoms with Gasteiger partial charge in [-0.15, -0.1) is 0 Å². The summed E-state index contributed by atoms with van der Waals surface area (Å²) in [4.78, 5) is 11.6. The van der Waals surface area contributed by atoms with Crippen LogP contribution in [0.2, 0.25) is 0 Å². The summed E-state index contributed by atoms with van der Waals surface area (Å²) in [6.45, 7) is 6.43. The number of aliphatic hydroxyl groups excluding tert-OH is 5. The van der Waals surface area contributed by atoms with Gasteiger partial charge in [0, 0.05) is 25.0 Å². The normalized spacial score (nSPS) is 17.2. The number of aliphatic hydroxyl groups is 5. The summed E-state index contributed by atoms with van der Waals surface area (Å²) in [5.41, 5.74) is 0.00583. The van der Waals surface area contributed by atoms with Crippen molar-refractivity contribution in [1.29, 1.82) is 0 Å². The van der Waals surface area contributed by atoms with E-state index in [1.807, 2.05) is 20.8 Å². The Bertz CT molecular complexity index is 349. The van der Waals surface area contributed by atoms with Crippen LogP contribution in [0.15, 0.2) is 0 Å². The number of amides is 1. The van der Waals surface area contributed by atoms with Gasteiger partial charge in [0.2, 0.25) is 5.91 Å². The van der Waals surface area contributed by atoms with E-state index in [0.29, 0.717) is 13.2 Å². The second-order valence-corrected chi connectivity index (χ2v) is 6.64. The third kappa shape index (κ3) is 10.9. The van der Waals surface area contributed by atoms with Gasteiger partial charge in [-0.2, -0.15) is 0 Å². The molecule has 4 atom stereocenters. The van der Waals surface area contributed by atoms with Gasteiger partial charge in [-0.05, 0) is 20.8 Å². The first-order valence-corrected chi connectivity index (χ1v) is 8.01. The number of carbonyl (C=O) groups is 1. The molecule has 7 N–H and O–H groups in total. The van der Waals surface area contributed by atoms with Crippen molar-refractivity contribution < 1.29 is 35.1 Å². The Balaban J connectivity index is 3.81. The second-order valence-electron chi connectivity index (χ2n) is 6.64. The first-order chi connectivity index (χ1) is 11.1. The lowest BCUT2D eigenvalue weighted by Gasteiger charge is -2.25. The summed E-state index contributed by atoms with van der Waals surface area (Å²) in [7, 11) is 0. The molecule has 0 unspecified atom stereocenters. The molecule has 9 heteroatoms. The Morgan fingerprint density at radius 1 is 1.04 bits per heavy atom. The maximum Gasteiger partial charge on any atom is 0.222 e. The Hall–Kier alpha value is -0.810. The molecule has 0 saturated heterocycles. The fourth-order valence-electron chi connectivity index (χ4n) is 1.76. The van der Waals surface area contributed by atoms with Gasteiger partial charge in [-0.3, -0.25) is 4.79 Å². The van der Waals surface area contributed by atoms with Crippen molar-refractivity contribution in [2.75, 3.05) is 32.9 Å². The number of carbonyl (C=O) groups excluding carboxylic acids is 1. The van der Waals surface area contributed by atoms with Crippen molar-refractivity contribution in [2.45, 2.75) is 57.1 Å². The minimum atomic E-state index is -1.71. The van der Waals surface area contributed by atoms with Crippen LogP contribution in [-0.4, -0.2) is 94.3 Å². The van der Waals surface area contributed by atoms with Crippen LogP contribution in [0.25, 0.3) is 0 Å². The van der Waals surface area contributed by atoms with E-state index >= 15 is 0 Å². The van der Waals surface area contributed by atoms with Gasteiger partial charge in [0.1, 0.15) is 18.3 Å². The zero-order valence-corrected chi connectivity index (χ0v) is 14.6. The van der Waals surface area contributed by atoms with Crippen molar-refractivity contribution in [3.8, 4) is 0 Å². The van der Waals surface area contributed by atoms with Crippen molar-refractivity contribution in [2.24, 2.45) is 0 Å². The van der Waals surface area contributed by atoms with E-state index in [2.05, 4.69) is 10.6 Å². The summed E-state index contributed by atoms with van der Waals surface area (Å²) in [6, 6.07) is 0. The Morgan fingerprint density at radius 2 is 1.62 bits per heavy atom. The van der Waals surface area contributed by atoms with E-state index in [-0.39, 0.29) is 31.0 Å². The number of ether oxygens (including phenoxy) is 1. The van der Waals surface area contributed by atoms with E-state index in [9.17, 15) is 25.2 Å². The molecule has 1 amide bonds. The highest BCUT2D eigenvalue weighted by Crippen LogP contribution is 2.04. The summed E-state index contributed by atoms with van der Waals surface area (Å²) in [5.74, 6) is -0.373. The van der Waals surface area contributed by atoms with E-state index < -0.39 is 31.0 Å². The van der Waals surface area contributed by atoms with E-state index in [4.69, 9.17) is 9.84 Å². The van der Waals surface area contributed by atoms with Crippen LogP contribution in [0, 0.1) is 0 Å². The molecule has 9 nitrogen and oxygen atoms in total. The van der Waals surface area contributed by atoms with Crippen LogP contribution in [0.1, 0.15) is 27.2 Å². The SMILES string of the molecule is CC(C)(C)NCCOCCC(=O)NC[C@H](O)[C@@H](O)[C@H](O)[C@H](O)CO. The summed E-state index contributed by atoms with van der Waals surface area (Å²) < 4.78 is 5.30. The monoisotopic (exact) mass is 352 g/mol. The summed E-state index contributed by atoms with van der Waals surface area (Å²) in [5, 5.41) is 52.1. The standard InChI is InChI=1S/C15H32N2O7/c1-15(2,3)17-5-7-24-6-4-12(21)16-8-10(19)13(22)14(23)11(20)9-18/h10-11,13-14,17-20,22-23H,4-9H2,1-3H3,(H,16,21)/t10-,11+,13+,14+/m0/s1. The van der Waals surface area contributed by atoms with Crippen molar-refractivity contribution >= 4 is 5.91 Å². The maximum absolute atomic E-state index is 11.6. The quantitative estimate of drug-likeness (QED) is 0.188. The van der Waals surface area contributed by atoms with Crippen LogP contribution < -0.4 is 10.6 Å². The van der Waals surface area contributed by atoms with Gasteiger partial charge >= 0.3 is 0 Å². The average Bonchev–Trinajstić information content (AvgIpc) is 2.52. The fourth-order valence-corrected chi connectivity index (χ4v) is 1.76. The van der Waals surface area contributed by atoms with Crippen LogP contribution in [0.5, 0.6) is 0 Å². The minimum absolute atomic E-state index is 0.00583. The van der Waals surface area contributed by atoms with Gasteiger partial charge in [-0.1, -0.05) is 0 Å². The summed E-state index contributed by atoms with van der Waals surface area (Å²) in [6.07, 6.45) is -6.34. The zero-order valence-electron chi connectivity index (χ0n) is 14.6. The van der Waals surface area contributed by atoms with Gasteiger partial charge in [0.05, 0.1) is 25.9 Å². The predicted molar refractivity (Wildman–Crippen MR) is 87.3 cm³/mol. The highest BCUT2D eigenvalue weighted by Gasteiger charge is 2.30. The lowest BCUT2D eigenvalue weighted by atomic mass is 10.0. The Kier molecular flexibility index (Phi) is 11.3. The smallest absolute Gasteiger partial charge is 0.222 e. The van der Waals surface area contributed by atoms with Crippen molar-refractivity contribution in [3.05, 3.63) is 0 Å². The number of nitrogens with one attached hydrogen (secondary N) is 2.